The predicted octanol–water partition coefficient (Wildman–Crippen LogP) is 2.86. The van der Waals surface area contributed by atoms with E-state index in [1.165, 1.54) is 41.3 Å². The van der Waals surface area contributed by atoms with Crippen molar-refractivity contribution in [1.29, 1.82) is 0 Å². The van der Waals surface area contributed by atoms with Crippen LogP contribution in [0.15, 0.2) is 48.5 Å². The van der Waals surface area contributed by atoms with Gasteiger partial charge in [-0.05, 0) is 44.3 Å². The van der Waals surface area contributed by atoms with E-state index in [9.17, 15) is 18.4 Å². The zero-order valence-electron chi connectivity index (χ0n) is 13.9. The highest BCUT2D eigenvalue weighted by Gasteiger charge is 2.21. The van der Waals surface area contributed by atoms with E-state index in [2.05, 4.69) is 10.6 Å². The van der Waals surface area contributed by atoms with Gasteiger partial charge in [-0.2, -0.15) is 0 Å². The van der Waals surface area contributed by atoms with Crippen LogP contribution in [0.1, 0.15) is 6.92 Å². The van der Waals surface area contributed by atoms with Crippen LogP contribution in [0.3, 0.4) is 0 Å². The number of likely N-dealkylation sites (N-methyl/N-ethyl adjacent to an activating group) is 1. The van der Waals surface area contributed by atoms with Crippen LogP contribution in [-0.4, -0.2) is 36.3 Å². The second-order valence-electron chi connectivity index (χ2n) is 5.62. The Kier molecular flexibility index (Phi) is 6.19. The molecule has 0 heterocycles. The van der Waals surface area contributed by atoms with Gasteiger partial charge < -0.3 is 10.6 Å². The number of nitrogens with zero attached hydrogens (tertiary/aromatic N) is 1. The van der Waals surface area contributed by atoms with Gasteiger partial charge in [-0.1, -0.05) is 18.2 Å². The lowest BCUT2D eigenvalue weighted by atomic mass is 10.2. The maximum atomic E-state index is 13.6. The van der Waals surface area contributed by atoms with Gasteiger partial charge in [0.2, 0.25) is 11.8 Å². The smallest absolute Gasteiger partial charge is 0.241 e. The molecule has 0 bridgehead atoms. The van der Waals surface area contributed by atoms with E-state index < -0.39 is 29.5 Å². The first-order valence-electron chi connectivity index (χ1n) is 7.68. The van der Waals surface area contributed by atoms with Gasteiger partial charge in [0, 0.05) is 5.69 Å². The number of rotatable bonds is 6. The van der Waals surface area contributed by atoms with Crippen LogP contribution >= 0.6 is 0 Å². The van der Waals surface area contributed by atoms with E-state index in [0.29, 0.717) is 5.69 Å². The molecule has 2 aromatic rings. The number of nitrogens with one attached hydrogen (secondary N) is 2. The molecule has 2 aromatic carbocycles. The van der Waals surface area contributed by atoms with Gasteiger partial charge in [0.1, 0.15) is 11.6 Å². The molecule has 0 aliphatic heterocycles. The van der Waals surface area contributed by atoms with E-state index in [0.717, 1.165) is 0 Å². The summed E-state index contributed by atoms with van der Waals surface area (Å²) in [4.78, 5) is 25.7. The molecule has 0 saturated carbocycles. The maximum Gasteiger partial charge on any atom is 0.241 e. The molecule has 5 nitrogen and oxygen atoms in total. The summed E-state index contributed by atoms with van der Waals surface area (Å²) in [6, 6.07) is 10.7. The summed E-state index contributed by atoms with van der Waals surface area (Å²) in [5, 5.41) is 5.04. The largest absolute Gasteiger partial charge is 0.325 e. The van der Waals surface area contributed by atoms with Crippen molar-refractivity contribution in [3.63, 3.8) is 0 Å². The molecule has 2 rings (SSSR count). The fourth-order valence-corrected chi connectivity index (χ4v) is 2.13. The molecule has 1 atom stereocenters. The first kappa shape index (κ1) is 18.5. The number of amides is 2. The third kappa shape index (κ3) is 5.36. The number of para-hydroxylation sites is 1. The SMILES string of the molecule is C[C@@H](C(=O)Nc1ccccc1F)N(C)CC(=O)Nc1cccc(F)c1. The third-order valence-electron chi connectivity index (χ3n) is 3.67. The molecular weight excluding hydrogens is 328 g/mol. The van der Waals surface area contributed by atoms with Crippen molar-refractivity contribution >= 4 is 23.2 Å². The zero-order chi connectivity index (χ0) is 18.4. The van der Waals surface area contributed by atoms with Crippen LogP contribution in [0.25, 0.3) is 0 Å². The van der Waals surface area contributed by atoms with E-state index in [4.69, 9.17) is 0 Å². The van der Waals surface area contributed by atoms with Crippen molar-refractivity contribution in [3.8, 4) is 0 Å². The molecule has 2 N–H and O–H groups in total. The summed E-state index contributed by atoms with van der Waals surface area (Å²) in [6.45, 7) is 1.52. The van der Waals surface area contributed by atoms with Crippen LogP contribution in [0.2, 0.25) is 0 Å². The Balaban J connectivity index is 1.90. The summed E-state index contributed by atoms with van der Waals surface area (Å²) in [6.07, 6.45) is 0. The Bertz CT molecular complexity index is 767. The van der Waals surface area contributed by atoms with Crippen molar-refractivity contribution in [2.45, 2.75) is 13.0 Å². The highest BCUT2D eigenvalue weighted by molar-refractivity contribution is 5.96. The molecule has 0 spiro atoms. The average molecular weight is 347 g/mol. The van der Waals surface area contributed by atoms with Crippen LogP contribution in [0.4, 0.5) is 20.2 Å². The first-order chi connectivity index (χ1) is 11.9. The minimum Gasteiger partial charge on any atom is -0.325 e. The molecule has 0 unspecified atom stereocenters. The van der Waals surface area contributed by atoms with Gasteiger partial charge in [0.05, 0.1) is 18.3 Å². The number of benzene rings is 2. The molecule has 7 heteroatoms. The number of hydrogen-bond donors (Lipinski definition) is 2. The Morgan fingerprint density at radius 2 is 1.80 bits per heavy atom. The van der Waals surface area contributed by atoms with Gasteiger partial charge in [-0.25, -0.2) is 8.78 Å². The quantitative estimate of drug-likeness (QED) is 0.845. The van der Waals surface area contributed by atoms with E-state index in [1.807, 2.05) is 0 Å². The van der Waals surface area contributed by atoms with Gasteiger partial charge in [0.25, 0.3) is 0 Å². The molecule has 0 aromatic heterocycles. The number of carbonyl (C=O) groups excluding carboxylic acids is 2. The molecule has 25 heavy (non-hydrogen) atoms. The second kappa shape index (κ2) is 8.34. The predicted molar refractivity (Wildman–Crippen MR) is 92.2 cm³/mol. The summed E-state index contributed by atoms with van der Waals surface area (Å²) in [7, 11) is 1.59. The third-order valence-corrected chi connectivity index (χ3v) is 3.67. The zero-order valence-corrected chi connectivity index (χ0v) is 13.9. The van der Waals surface area contributed by atoms with Crippen molar-refractivity contribution in [2.24, 2.45) is 0 Å². The minimum atomic E-state index is -0.669. The lowest BCUT2D eigenvalue weighted by Crippen LogP contribution is -2.43. The summed E-state index contributed by atoms with van der Waals surface area (Å²) in [5.41, 5.74) is 0.416. The van der Waals surface area contributed by atoms with Crippen LogP contribution in [0, 0.1) is 11.6 Å². The van der Waals surface area contributed by atoms with Crippen molar-refractivity contribution in [3.05, 3.63) is 60.2 Å². The monoisotopic (exact) mass is 347 g/mol. The molecule has 132 valence electrons. The topological polar surface area (TPSA) is 61.4 Å². The normalized spacial score (nSPS) is 11.9. The number of anilines is 2. The molecule has 0 saturated heterocycles. The fourth-order valence-electron chi connectivity index (χ4n) is 2.13. The standard InChI is InChI=1S/C18H19F2N3O2/c1-12(18(25)22-16-9-4-3-8-15(16)20)23(2)11-17(24)21-14-7-5-6-13(19)10-14/h3-10,12H,11H2,1-2H3,(H,21,24)(H,22,25)/t12-/m0/s1. The van der Waals surface area contributed by atoms with Gasteiger partial charge in [-0.15, -0.1) is 0 Å². The lowest BCUT2D eigenvalue weighted by molar-refractivity contribution is -0.122. The van der Waals surface area contributed by atoms with Crippen LogP contribution < -0.4 is 10.6 Å². The number of halogens is 2. The van der Waals surface area contributed by atoms with Crippen LogP contribution in [0.5, 0.6) is 0 Å². The van der Waals surface area contributed by atoms with E-state index in [-0.39, 0.29) is 12.2 Å². The van der Waals surface area contributed by atoms with Gasteiger partial charge >= 0.3 is 0 Å². The fraction of sp³-hybridized carbons (Fsp3) is 0.222. The molecular formula is C18H19F2N3O2. The van der Waals surface area contributed by atoms with Gasteiger partial charge in [0.15, 0.2) is 0 Å². The van der Waals surface area contributed by atoms with E-state index in [1.54, 1.807) is 26.1 Å². The molecule has 2 amide bonds. The van der Waals surface area contributed by atoms with Crippen molar-refractivity contribution < 1.29 is 18.4 Å². The van der Waals surface area contributed by atoms with E-state index >= 15 is 0 Å². The van der Waals surface area contributed by atoms with Crippen molar-refractivity contribution in [1.82, 2.24) is 4.90 Å². The van der Waals surface area contributed by atoms with Crippen molar-refractivity contribution in [2.75, 3.05) is 24.2 Å². The van der Waals surface area contributed by atoms with Gasteiger partial charge in [-0.3, -0.25) is 14.5 Å². The Hall–Kier alpha value is -2.80. The second-order valence-corrected chi connectivity index (χ2v) is 5.62. The number of hydrogen-bond acceptors (Lipinski definition) is 3. The Morgan fingerprint density at radius 1 is 1.08 bits per heavy atom. The molecule has 0 aliphatic carbocycles. The first-order valence-corrected chi connectivity index (χ1v) is 7.68. The summed E-state index contributed by atoms with van der Waals surface area (Å²) in [5.74, 6) is -1.82. The van der Waals surface area contributed by atoms with Crippen LogP contribution in [-0.2, 0) is 9.59 Å². The molecule has 0 aliphatic rings. The minimum absolute atomic E-state index is 0.0805. The Morgan fingerprint density at radius 3 is 2.48 bits per heavy atom. The molecule has 0 radical (unpaired) electrons. The Labute approximate surface area is 144 Å². The molecule has 0 fully saturated rings. The maximum absolute atomic E-state index is 13.6. The highest BCUT2D eigenvalue weighted by atomic mass is 19.1. The lowest BCUT2D eigenvalue weighted by Gasteiger charge is -2.23. The summed E-state index contributed by atoms with van der Waals surface area (Å²) < 4.78 is 26.7. The summed E-state index contributed by atoms with van der Waals surface area (Å²) >= 11 is 0. The number of carbonyl (C=O) groups is 2. The highest BCUT2D eigenvalue weighted by Crippen LogP contribution is 2.13. The average Bonchev–Trinajstić information content (AvgIpc) is 2.56.